The first-order valence-corrected chi connectivity index (χ1v) is 10.3. The van der Waals surface area contributed by atoms with Crippen LogP contribution in [0.25, 0.3) is 0 Å². The summed E-state index contributed by atoms with van der Waals surface area (Å²) in [5, 5.41) is 24.3. The largest absolute Gasteiger partial charge is 0.507 e. The molecule has 154 valence electrons. The number of H-pyrrole nitrogens is 1. The van der Waals surface area contributed by atoms with Crippen molar-refractivity contribution in [1.29, 1.82) is 0 Å². The molecule has 7 nitrogen and oxygen atoms in total. The summed E-state index contributed by atoms with van der Waals surface area (Å²) in [6.45, 7) is 4.15. The number of unbranched alkanes of at least 4 members (excludes halogenated alkanes) is 6. The van der Waals surface area contributed by atoms with Gasteiger partial charge in [0.1, 0.15) is 11.5 Å². The van der Waals surface area contributed by atoms with Crippen molar-refractivity contribution in [2.24, 2.45) is 0 Å². The number of nitrogens with one attached hydrogen (secondary N) is 1. The van der Waals surface area contributed by atoms with E-state index in [1.54, 1.807) is 6.07 Å². The number of rotatable bonds is 14. The number of tetrazole rings is 1. The maximum atomic E-state index is 11.6. The normalized spacial score (nSPS) is 10.9. The highest BCUT2D eigenvalue weighted by Gasteiger charge is 2.15. The fraction of sp³-hybridized carbons (Fsp3) is 0.619. The molecule has 0 radical (unpaired) electrons. The molecule has 1 heterocycles. The van der Waals surface area contributed by atoms with Crippen molar-refractivity contribution in [1.82, 2.24) is 20.6 Å². The SMILES string of the molecule is CCCc1c(OCCCCCCCCCc2nn[nH]n2)ccc(C(C)=O)c1O. The van der Waals surface area contributed by atoms with Crippen LogP contribution in [0.4, 0.5) is 0 Å². The molecule has 7 heteroatoms. The van der Waals surface area contributed by atoms with Crippen LogP contribution in [0.1, 0.15) is 87.0 Å². The Kier molecular flexibility index (Phi) is 9.45. The van der Waals surface area contributed by atoms with Crippen LogP contribution in [0.3, 0.4) is 0 Å². The number of Topliss-reactive ketones (excluding diaryl/α,β-unsaturated/α-hetero) is 1. The summed E-state index contributed by atoms with van der Waals surface area (Å²) in [4.78, 5) is 11.6. The van der Waals surface area contributed by atoms with Crippen LogP contribution >= 0.6 is 0 Å². The lowest BCUT2D eigenvalue weighted by Gasteiger charge is -2.14. The Morgan fingerprint density at radius 3 is 2.43 bits per heavy atom. The van der Waals surface area contributed by atoms with Gasteiger partial charge in [0.15, 0.2) is 11.6 Å². The Bertz CT molecular complexity index is 717. The van der Waals surface area contributed by atoms with Gasteiger partial charge >= 0.3 is 0 Å². The summed E-state index contributed by atoms with van der Waals surface area (Å²) in [5.41, 5.74) is 1.12. The first kappa shape index (κ1) is 21.9. The molecule has 0 aliphatic rings. The monoisotopic (exact) mass is 388 g/mol. The lowest BCUT2D eigenvalue weighted by Crippen LogP contribution is -2.03. The van der Waals surface area contributed by atoms with Gasteiger partial charge in [0.25, 0.3) is 0 Å². The zero-order valence-electron chi connectivity index (χ0n) is 17.0. The highest BCUT2D eigenvalue weighted by atomic mass is 16.5. The topological polar surface area (TPSA) is 101 Å². The summed E-state index contributed by atoms with van der Waals surface area (Å²) in [7, 11) is 0. The molecule has 0 saturated carbocycles. The molecule has 0 amide bonds. The minimum Gasteiger partial charge on any atom is -0.507 e. The average molecular weight is 389 g/mol. The summed E-state index contributed by atoms with van der Waals surface area (Å²) in [5.74, 6) is 1.44. The maximum absolute atomic E-state index is 11.6. The van der Waals surface area contributed by atoms with Crippen molar-refractivity contribution >= 4 is 5.78 Å². The standard InChI is InChI=1S/C21H32N4O3/c1-3-11-18-19(14-13-17(16(2)26)21(18)27)28-15-10-8-6-4-5-7-9-12-20-22-24-25-23-20/h13-14,27H,3-12,15H2,1-2H3,(H,22,23,24,25). The molecule has 0 aliphatic heterocycles. The second-order valence-corrected chi connectivity index (χ2v) is 7.15. The number of phenolic OH excluding ortho intramolecular Hbond substituents is 1. The minimum absolute atomic E-state index is 0.0765. The summed E-state index contributed by atoms with van der Waals surface area (Å²) in [6, 6.07) is 3.46. The fourth-order valence-electron chi connectivity index (χ4n) is 3.27. The van der Waals surface area contributed by atoms with Gasteiger partial charge in [-0.3, -0.25) is 4.79 Å². The molecule has 0 spiro atoms. The van der Waals surface area contributed by atoms with E-state index in [1.165, 1.54) is 32.6 Å². The molecule has 28 heavy (non-hydrogen) atoms. The highest BCUT2D eigenvalue weighted by Crippen LogP contribution is 2.33. The number of nitrogens with zero attached hydrogens (tertiary/aromatic N) is 3. The number of ether oxygens (including phenoxy) is 1. The third-order valence-electron chi connectivity index (χ3n) is 4.81. The Hall–Kier alpha value is -2.44. The van der Waals surface area contributed by atoms with E-state index in [9.17, 15) is 9.90 Å². The van der Waals surface area contributed by atoms with E-state index < -0.39 is 0 Å². The predicted octanol–water partition coefficient (Wildman–Crippen LogP) is 4.41. The second-order valence-electron chi connectivity index (χ2n) is 7.15. The number of aromatic nitrogens is 4. The molecule has 1 aromatic carbocycles. The van der Waals surface area contributed by atoms with Crippen LogP contribution in [-0.2, 0) is 12.8 Å². The van der Waals surface area contributed by atoms with E-state index in [-0.39, 0.29) is 11.5 Å². The van der Waals surface area contributed by atoms with Crippen LogP contribution in [0.2, 0.25) is 0 Å². The Balaban J connectivity index is 1.61. The average Bonchev–Trinajstić information content (AvgIpc) is 3.19. The Morgan fingerprint density at radius 1 is 1.07 bits per heavy atom. The van der Waals surface area contributed by atoms with Crippen LogP contribution in [-0.4, -0.2) is 38.1 Å². The first-order valence-electron chi connectivity index (χ1n) is 10.3. The van der Waals surface area contributed by atoms with E-state index in [0.717, 1.165) is 43.5 Å². The number of benzene rings is 1. The van der Waals surface area contributed by atoms with Crippen LogP contribution in [0.5, 0.6) is 11.5 Å². The van der Waals surface area contributed by atoms with Gasteiger partial charge in [-0.15, -0.1) is 10.2 Å². The lowest BCUT2D eigenvalue weighted by atomic mass is 10.0. The third kappa shape index (κ3) is 6.94. The lowest BCUT2D eigenvalue weighted by molar-refractivity contribution is 0.101. The van der Waals surface area contributed by atoms with Gasteiger partial charge < -0.3 is 9.84 Å². The molecule has 0 bridgehead atoms. The third-order valence-corrected chi connectivity index (χ3v) is 4.81. The quantitative estimate of drug-likeness (QED) is 0.367. The van der Waals surface area contributed by atoms with Crippen molar-refractivity contribution in [2.75, 3.05) is 6.61 Å². The summed E-state index contributed by atoms with van der Waals surface area (Å²) < 4.78 is 5.90. The van der Waals surface area contributed by atoms with E-state index >= 15 is 0 Å². The van der Waals surface area contributed by atoms with E-state index in [4.69, 9.17) is 4.74 Å². The number of aromatic hydroxyl groups is 1. The predicted molar refractivity (Wildman–Crippen MR) is 108 cm³/mol. The van der Waals surface area contributed by atoms with Crippen molar-refractivity contribution in [2.45, 2.75) is 78.1 Å². The molecule has 0 aliphatic carbocycles. The zero-order chi connectivity index (χ0) is 20.2. The minimum atomic E-state index is -0.126. The molecule has 2 aromatic rings. The van der Waals surface area contributed by atoms with Gasteiger partial charge in [0, 0.05) is 12.0 Å². The van der Waals surface area contributed by atoms with Crippen LogP contribution in [0, 0.1) is 0 Å². The van der Waals surface area contributed by atoms with Crippen molar-refractivity contribution in [3.05, 3.63) is 29.1 Å². The molecule has 0 saturated heterocycles. The molecule has 2 rings (SSSR count). The number of carbonyl (C=O) groups excluding carboxylic acids is 1. The van der Waals surface area contributed by atoms with Gasteiger partial charge in [-0.25, -0.2) is 0 Å². The van der Waals surface area contributed by atoms with Crippen LogP contribution < -0.4 is 4.74 Å². The van der Waals surface area contributed by atoms with E-state index in [2.05, 4.69) is 20.6 Å². The Labute approximate surface area is 166 Å². The number of phenols is 1. The summed E-state index contributed by atoms with van der Waals surface area (Å²) >= 11 is 0. The van der Waals surface area contributed by atoms with Crippen molar-refractivity contribution in [3.63, 3.8) is 0 Å². The molecule has 0 fully saturated rings. The van der Waals surface area contributed by atoms with Crippen molar-refractivity contribution < 1.29 is 14.6 Å². The molecule has 0 unspecified atom stereocenters. The number of aryl methyl sites for hydroxylation is 1. The molecular formula is C21H32N4O3. The smallest absolute Gasteiger partial charge is 0.174 e. The number of hydrogen-bond acceptors (Lipinski definition) is 6. The fourth-order valence-corrected chi connectivity index (χ4v) is 3.27. The van der Waals surface area contributed by atoms with E-state index in [1.807, 2.05) is 13.0 Å². The summed E-state index contributed by atoms with van der Waals surface area (Å²) in [6.07, 6.45) is 10.5. The van der Waals surface area contributed by atoms with Gasteiger partial charge in [0.2, 0.25) is 0 Å². The number of hydrogen-bond donors (Lipinski definition) is 2. The maximum Gasteiger partial charge on any atom is 0.174 e. The van der Waals surface area contributed by atoms with E-state index in [0.29, 0.717) is 24.3 Å². The number of carbonyl (C=O) groups is 1. The molecule has 0 atom stereocenters. The van der Waals surface area contributed by atoms with Crippen molar-refractivity contribution in [3.8, 4) is 11.5 Å². The van der Waals surface area contributed by atoms with Gasteiger partial charge in [-0.1, -0.05) is 50.7 Å². The van der Waals surface area contributed by atoms with Gasteiger partial charge in [0.05, 0.1) is 12.2 Å². The highest BCUT2D eigenvalue weighted by molar-refractivity contribution is 5.97. The Morgan fingerprint density at radius 2 is 1.79 bits per heavy atom. The number of ketones is 1. The number of aromatic amines is 1. The second kappa shape index (κ2) is 12.1. The zero-order valence-corrected chi connectivity index (χ0v) is 17.0. The molecular weight excluding hydrogens is 356 g/mol. The van der Waals surface area contributed by atoms with Gasteiger partial charge in [-0.05, 0) is 38.3 Å². The van der Waals surface area contributed by atoms with Gasteiger partial charge in [-0.2, -0.15) is 5.21 Å². The molecule has 1 aromatic heterocycles. The first-order chi connectivity index (χ1) is 13.6. The van der Waals surface area contributed by atoms with Crippen LogP contribution in [0.15, 0.2) is 12.1 Å². The molecule has 2 N–H and O–H groups in total.